The lowest BCUT2D eigenvalue weighted by Gasteiger charge is -2.25. The van der Waals surface area contributed by atoms with Gasteiger partial charge in [-0.2, -0.15) is 10.2 Å². The van der Waals surface area contributed by atoms with Crippen LogP contribution in [0.5, 0.6) is 0 Å². The molecular formula is C20H23N5O. The highest BCUT2D eigenvalue weighted by molar-refractivity contribution is 5.94. The lowest BCUT2D eigenvalue weighted by molar-refractivity contribution is 0.0721. The number of likely N-dealkylation sites (tertiary alicyclic amines) is 1. The van der Waals surface area contributed by atoms with E-state index in [9.17, 15) is 4.79 Å². The van der Waals surface area contributed by atoms with Gasteiger partial charge in [-0.1, -0.05) is 12.1 Å². The Labute approximate surface area is 153 Å². The summed E-state index contributed by atoms with van der Waals surface area (Å²) >= 11 is 0. The molecular weight excluding hydrogens is 326 g/mol. The van der Waals surface area contributed by atoms with Gasteiger partial charge in [0.15, 0.2) is 0 Å². The Balaban J connectivity index is 1.44. The fourth-order valence-corrected chi connectivity index (χ4v) is 3.58. The minimum Gasteiger partial charge on any atom is -0.334 e. The molecule has 0 unspecified atom stereocenters. The number of aromatic nitrogens is 4. The molecule has 3 heterocycles. The molecule has 0 bridgehead atoms. The molecule has 134 valence electrons. The quantitative estimate of drug-likeness (QED) is 0.712. The van der Waals surface area contributed by atoms with Crippen LogP contribution in [0.1, 0.15) is 34.3 Å². The SMILES string of the molecule is Cc1cnn(C[C@H]2CCCN2C(=O)c2ccc(Cn3cccn3)cc2)c1. The topological polar surface area (TPSA) is 56.0 Å². The summed E-state index contributed by atoms with van der Waals surface area (Å²) in [4.78, 5) is 15.0. The first-order valence-electron chi connectivity index (χ1n) is 9.05. The molecule has 4 rings (SSSR count). The fraction of sp³-hybridized carbons (Fsp3) is 0.350. The van der Waals surface area contributed by atoms with Crippen molar-refractivity contribution in [1.82, 2.24) is 24.5 Å². The summed E-state index contributed by atoms with van der Waals surface area (Å²) in [5, 5.41) is 8.58. The second kappa shape index (κ2) is 7.15. The molecule has 1 fully saturated rings. The third-order valence-corrected chi connectivity index (χ3v) is 4.90. The largest absolute Gasteiger partial charge is 0.334 e. The third-order valence-electron chi connectivity index (χ3n) is 4.90. The van der Waals surface area contributed by atoms with Gasteiger partial charge in [-0.25, -0.2) is 0 Å². The second-order valence-corrected chi connectivity index (χ2v) is 6.93. The maximum atomic E-state index is 13.0. The van der Waals surface area contributed by atoms with Crippen molar-refractivity contribution < 1.29 is 4.79 Å². The van der Waals surface area contributed by atoms with E-state index in [1.807, 2.05) is 70.1 Å². The molecule has 6 nitrogen and oxygen atoms in total. The van der Waals surface area contributed by atoms with Crippen LogP contribution in [0.3, 0.4) is 0 Å². The monoisotopic (exact) mass is 349 g/mol. The first-order chi connectivity index (χ1) is 12.7. The van der Waals surface area contributed by atoms with Gasteiger partial charge in [0.1, 0.15) is 0 Å². The van der Waals surface area contributed by atoms with Crippen molar-refractivity contribution in [1.29, 1.82) is 0 Å². The molecule has 1 amide bonds. The van der Waals surface area contributed by atoms with Gasteiger partial charge in [-0.05, 0) is 49.1 Å². The van der Waals surface area contributed by atoms with Gasteiger partial charge in [0.05, 0.1) is 25.3 Å². The van der Waals surface area contributed by atoms with Gasteiger partial charge in [0.2, 0.25) is 0 Å². The number of nitrogens with zero attached hydrogens (tertiary/aromatic N) is 5. The molecule has 3 aromatic rings. The maximum Gasteiger partial charge on any atom is 0.254 e. The highest BCUT2D eigenvalue weighted by Crippen LogP contribution is 2.22. The lowest BCUT2D eigenvalue weighted by Crippen LogP contribution is -2.38. The van der Waals surface area contributed by atoms with Crippen LogP contribution >= 0.6 is 0 Å². The van der Waals surface area contributed by atoms with Crippen LogP contribution in [0.4, 0.5) is 0 Å². The van der Waals surface area contributed by atoms with Crippen LogP contribution in [-0.4, -0.2) is 43.0 Å². The Kier molecular flexibility index (Phi) is 4.56. The van der Waals surface area contributed by atoms with Crippen LogP contribution in [0.2, 0.25) is 0 Å². The van der Waals surface area contributed by atoms with Crippen molar-refractivity contribution in [2.24, 2.45) is 0 Å². The Morgan fingerprint density at radius 2 is 2.04 bits per heavy atom. The molecule has 1 aliphatic rings. The summed E-state index contributed by atoms with van der Waals surface area (Å²) in [6.07, 6.45) is 9.68. The average molecular weight is 349 g/mol. The van der Waals surface area contributed by atoms with E-state index in [1.165, 1.54) is 0 Å². The number of hydrogen-bond donors (Lipinski definition) is 0. The fourth-order valence-electron chi connectivity index (χ4n) is 3.58. The first-order valence-corrected chi connectivity index (χ1v) is 9.05. The summed E-state index contributed by atoms with van der Waals surface area (Å²) in [5.41, 5.74) is 3.03. The predicted molar refractivity (Wildman–Crippen MR) is 98.8 cm³/mol. The minimum atomic E-state index is 0.113. The minimum absolute atomic E-state index is 0.113. The number of amides is 1. The van der Waals surface area contributed by atoms with E-state index in [-0.39, 0.29) is 11.9 Å². The highest BCUT2D eigenvalue weighted by atomic mass is 16.2. The first kappa shape index (κ1) is 16.6. The van der Waals surface area contributed by atoms with Crippen LogP contribution in [0.25, 0.3) is 0 Å². The van der Waals surface area contributed by atoms with Gasteiger partial charge in [0, 0.05) is 30.7 Å². The Morgan fingerprint density at radius 3 is 2.73 bits per heavy atom. The molecule has 1 saturated heterocycles. The summed E-state index contributed by atoms with van der Waals surface area (Å²) in [6, 6.07) is 9.99. The van der Waals surface area contributed by atoms with Gasteiger partial charge >= 0.3 is 0 Å². The van der Waals surface area contributed by atoms with Crippen molar-refractivity contribution >= 4 is 5.91 Å². The number of hydrogen-bond acceptors (Lipinski definition) is 3. The number of rotatable bonds is 5. The Hall–Kier alpha value is -2.89. The zero-order valence-electron chi connectivity index (χ0n) is 15.0. The highest BCUT2D eigenvalue weighted by Gasteiger charge is 2.29. The smallest absolute Gasteiger partial charge is 0.254 e. The molecule has 1 atom stereocenters. The van der Waals surface area contributed by atoms with Gasteiger partial charge < -0.3 is 4.90 Å². The van der Waals surface area contributed by atoms with Crippen LogP contribution < -0.4 is 0 Å². The van der Waals surface area contributed by atoms with Gasteiger partial charge in [-0.3, -0.25) is 14.2 Å². The normalized spacial score (nSPS) is 17.0. The number of carbonyl (C=O) groups is 1. The van der Waals surface area contributed by atoms with Crippen molar-refractivity contribution in [2.45, 2.75) is 38.9 Å². The molecule has 0 saturated carbocycles. The van der Waals surface area contributed by atoms with E-state index in [1.54, 1.807) is 6.20 Å². The molecule has 6 heteroatoms. The zero-order valence-corrected chi connectivity index (χ0v) is 15.0. The molecule has 0 radical (unpaired) electrons. The zero-order chi connectivity index (χ0) is 17.9. The molecule has 1 aromatic carbocycles. The molecule has 0 aliphatic carbocycles. The maximum absolute atomic E-state index is 13.0. The van der Waals surface area contributed by atoms with Crippen LogP contribution in [-0.2, 0) is 13.1 Å². The van der Waals surface area contributed by atoms with Crippen LogP contribution in [0, 0.1) is 6.92 Å². The summed E-state index contributed by atoms with van der Waals surface area (Å²) < 4.78 is 3.82. The van der Waals surface area contributed by atoms with Gasteiger partial charge in [0.25, 0.3) is 5.91 Å². The van der Waals surface area contributed by atoms with E-state index in [2.05, 4.69) is 10.2 Å². The Bertz CT molecular complexity index is 866. The summed E-state index contributed by atoms with van der Waals surface area (Å²) in [7, 11) is 0. The lowest BCUT2D eigenvalue weighted by atomic mass is 10.1. The number of carbonyl (C=O) groups excluding carboxylic acids is 1. The van der Waals surface area contributed by atoms with Crippen molar-refractivity contribution in [2.75, 3.05) is 6.54 Å². The average Bonchev–Trinajstić information content (AvgIpc) is 3.38. The van der Waals surface area contributed by atoms with E-state index >= 15 is 0 Å². The summed E-state index contributed by atoms with van der Waals surface area (Å²) in [5.74, 6) is 0.113. The van der Waals surface area contributed by atoms with Crippen molar-refractivity contribution in [3.05, 3.63) is 71.8 Å². The summed E-state index contributed by atoms with van der Waals surface area (Å²) in [6.45, 7) is 4.33. The molecule has 1 aliphatic heterocycles. The Morgan fingerprint density at radius 1 is 1.19 bits per heavy atom. The standard InChI is InChI=1S/C20H23N5O/c1-16-12-22-24(13-16)15-19-4-2-11-25(19)20(26)18-7-5-17(6-8-18)14-23-10-3-9-21-23/h3,5-10,12-13,19H,2,4,11,14-15H2,1H3/t19-/m1/s1. The molecule has 2 aromatic heterocycles. The molecule has 0 N–H and O–H groups in total. The predicted octanol–water partition coefficient (Wildman–Crippen LogP) is 2.74. The second-order valence-electron chi connectivity index (χ2n) is 6.93. The number of benzene rings is 1. The van der Waals surface area contributed by atoms with E-state index < -0.39 is 0 Å². The number of aryl methyl sites for hydroxylation is 1. The van der Waals surface area contributed by atoms with E-state index in [4.69, 9.17) is 0 Å². The van der Waals surface area contributed by atoms with E-state index in [0.29, 0.717) is 6.54 Å². The third kappa shape index (κ3) is 3.54. The molecule has 26 heavy (non-hydrogen) atoms. The van der Waals surface area contributed by atoms with Gasteiger partial charge in [-0.15, -0.1) is 0 Å². The van der Waals surface area contributed by atoms with Crippen LogP contribution in [0.15, 0.2) is 55.1 Å². The van der Waals surface area contributed by atoms with E-state index in [0.717, 1.165) is 42.6 Å². The molecule has 0 spiro atoms. The van der Waals surface area contributed by atoms with Crippen molar-refractivity contribution in [3.63, 3.8) is 0 Å². The van der Waals surface area contributed by atoms with Crippen molar-refractivity contribution in [3.8, 4) is 0 Å².